The van der Waals surface area contributed by atoms with E-state index in [1.165, 1.54) is 12.1 Å². The molecule has 0 aliphatic heterocycles. The number of fused-ring (bicyclic) bond motifs is 1. The molecule has 11 heteroatoms. The van der Waals surface area contributed by atoms with Crippen molar-refractivity contribution in [1.82, 2.24) is 20.4 Å². The van der Waals surface area contributed by atoms with Crippen LogP contribution in [0.4, 0.5) is 28.7 Å². The number of anilines is 4. The van der Waals surface area contributed by atoms with Gasteiger partial charge in [0.05, 0.1) is 32.9 Å². The Morgan fingerprint density at radius 2 is 1.66 bits per heavy atom. The van der Waals surface area contributed by atoms with E-state index in [2.05, 4.69) is 36.3 Å². The standard InChI is InChI=1S/C24H18N8O2S/c33-32(34)16-10-11-19-17(14-16)23(31-29-19)25-20-8-4-5-9-21(20)26-24(35)27-22-13-12-18(28-30-22)15-6-2-1-3-7-15/h1-14H,(H2,25,29,31)(H2,26,27,30,35). The van der Waals surface area contributed by atoms with Crippen molar-refractivity contribution in [2.75, 3.05) is 16.0 Å². The lowest BCUT2D eigenvalue weighted by Crippen LogP contribution is -2.20. The maximum Gasteiger partial charge on any atom is 0.270 e. The topological polar surface area (TPSA) is 134 Å². The van der Waals surface area contributed by atoms with Gasteiger partial charge in [-0.2, -0.15) is 5.10 Å². The molecule has 0 aliphatic rings. The molecule has 5 rings (SSSR count). The fraction of sp³-hybridized carbons (Fsp3) is 0. The van der Waals surface area contributed by atoms with Gasteiger partial charge in [0.2, 0.25) is 0 Å². The number of H-pyrrole nitrogens is 1. The van der Waals surface area contributed by atoms with Crippen molar-refractivity contribution >= 4 is 56.9 Å². The van der Waals surface area contributed by atoms with Crippen LogP contribution in [0.2, 0.25) is 0 Å². The normalized spacial score (nSPS) is 10.6. The SMILES string of the molecule is O=[N+]([O-])c1ccc2[nH]nc(Nc3ccccc3NC(=S)Nc3ccc(-c4ccccc4)nn3)c2c1. The lowest BCUT2D eigenvalue weighted by atomic mass is 10.1. The van der Waals surface area contributed by atoms with Gasteiger partial charge in [-0.3, -0.25) is 15.2 Å². The van der Waals surface area contributed by atoms with E-state index in [0.29, 0.717) is 39.0 Å². The molecule has 172 valence electrons. The molecular formula is C24H18N8O2S. The highest BCUT2D eigenvalue weighted by molar-refractivity contribution is 7.80. The monoisotopic (exact) mass is 482 g/mol. The van der Waals surface area contributed by atoms with Crippen molar-refractivity contribution in [3.05, 3.63) is 95.0 Å². The highest BCUT2D eigenvalue weighted by Crippen LogP contribution is 2.30. The molecule has 5 aromatic rings. The highest BCUT2D eigenvalue weighted by Gasteiger charge is 2.13. The van der Waals surface area contributed by atoms with Crippen molar-refractivity contribution in [1.29, 1.82) is 0 Å². The number of aromatic nitrogens is 4. The number of nitro benzene ring substituents is 1. The fourth-order valence-electron chi connectivity index (χ4n) is 3.47. The highest BCUT2D eigenvalue weighted by atomic mass is 32.1. The number of rotatable bonds is 6. The first-order valence-electron chi connectivity index (χ1n) is 10.5. The maximum absolute atomic E-state index is 11.2. The molecule has 2 heterocycles. The molecule has 3 aromatic carbocycles. The summed E-state index contributed by atoms with van der Waals surface area (Å²) in [6, 6.07) is 25.4. The van der Waals surface area contributed by atoms with Gasteiger partial charge in [0.1, 0.15) is 0 Å². The number of hydrogen-bond donors (Lipinski definition) is 4. The number of nitrogens with zero attached hydrogens (tertiary/aromatic N) is 4. The van der Waals surface area contributed by atoms with Gasteiger partial charge in [-0.1, -0.05) is 42.5 Å². The summed E-state index contributed by atoms with van der Waals surface area (Å²) in [6.45, 7) is 0. The van der Waals surface area contributed by atoms with Crippen molar-refractivity contribution in [2.24, 2.45) is 0 Å². The van der Waals surface area contributed by atoms with Gasteiger partial charge >= 0.3 is 0 Å². The Morgan fingerprint density at radius 3 is 2.40 bits per heavy atom. The van der Waals surface area contributed by atoms with Crippen molar-refractivity contribution in [3.8, 4) is 11.3 Å². The Balaban J connectivity index is 1.31. The molecule has 4 N–H and O–H groups in total. The molecule has 0 saturated carbocycles. The van der Waals surface area contributed by atoms with Gasteiger partial charge in [-0.25, -0.2) is 0 Å². The molecule has 2 aromatic heterocycles. The largest absolute Gasteiger partial charge is 0.337 e. The quantitative estimate of drug-likeness (QED) is 0.141. The lowest BCUT2D eigenvalue weighted by Gasteiger charge is -2.14. The smallest absolute Gasteiger partial charge is 0.270 e. The first-order chi connectivity index (χ1) is 17.1. The van der Waals surface area contributed by atoms with Gasteiger partial charge in [0.15, 0.2) is 16.7 Å². The van der Waals surface area contributed by atoms with Crippen LogP contribution in [-0.4, -0.2) is 30.4 Å². The number of hydrogen-bond acceptors (Lipinski definition) is 7. The van der Waals surface area contributed by atoms with Gasteiger partial charge in [-0.05, 0) is 42.5 Å². The van der Waals surface area contributed by atoms with E-state index in [9.17, 15) is 10.1 Å². The summed E-state index contributed by atoms with van der Waals surface area (Å²) >= 11 is 5.46. The fourth-order valence-corrected chi connectivity index (χ4v) is 3.69. The summed E-state index contributed by atoms with van der Waals surface area (Å²) in [7, 11) is 0. The molecule has 0 atom stereocenters. The molecule has 0 radical (unpaired) electrons. The predicted octanol–water partition coefficient (Wildman–Crippen LogP) is 5.48. The molecule has 0 amide bonds. The number of benzene rings is 3. The molecule has 10 nitrogen and oxygen atoms in total. The second-order valence-electron chi connectivity index (χ2n) is 7.48. The first-order valence-corrected chi connectivity index (χ1v) is 10.9. The summed E-state index contributed by atoms with van der Waals surface area (Å²) in [5.74, 6) is 0.956. The van der Waals surface area contributed by atoms with Gasteiger partial charge in [0.25, 0.3) is 5.69 Å². The van der Waals surface area contributed by atoms with E-state index in [-0.39, 0.29) is 5.69 Å². The van der Waals surface area contributed by atoms with E-state index >= 15 is 0 Å². The summed E-state index contributed by atoms with van der Waals surface area (Å²) in [6.07, 6.45) is 0. The summed E-state index contributed by atoms with van der Waals surface area (Å²) < 4.78 is 0. The average Bonchev–Trinajstić information content (AvgIpc) is 3.28. The molecule has 0 aliphatic carbocycles. The van der Waals surface area contributed by atoms with Crippen LogP contribution in [0.5, 0.6) is 0 Å². The second-order valence-corrected chi connectivity index (χ2v) is 7.89. The van der Waals surface area contributed by atoms with Crippen LogP contribution in [0.3, 0.4) is 0 Å². The predicted molar refractivity (Wildman–Crippen MR) is 140 cm³/mol. The Morgan fingerprint density at radius 1 is 0.886 bits per heavy atom. The Labute approximate surface area is 204 Å². The summed E-state index contributed by atoms with van der Waals surface area (Å²) in [5, 5.41) is 37.1. The van der Waals surface area contributed by atoms with Crippen LogP contribution in [-0.2, 0) is 0 Å². The van der Waals surface area contributed by atoms with Gasteiger partial charge < -0.3 is 16.0 Å². The van der Waals surface area contributed by atoms with E-state index < -0.39 is 4.92 Å². The Bertz CT molecular complexity index is 1520. The molecule has 0 unspecified atom stereocenters. The van der Waals surface area contributed by atoms with Crippen molar-refractivity contribution in [2.45, 2.75) is 0 Å². The first kappa shape index (κ1) is 21.9. The molecule has 0 fully saturated rings. The summed E-state index contributed by atoms with van der Waals surface area (Å²) in [4.78, 5) is 10.7. The number of para-hydroxylation sites is 2. The third kappa shape index (κ3) is 4.89. The second kappa shape index (κ2) is 9.53. The number of nitro groups is 1. The van der Waals surface area contributed by atoms with Gasteiger partial charge in [-0.15, -0.1) is 10.2 Å². The molecule has 0 saturated heterocycles. The number of thiocarbonyl (C=S) groups is 1. The van der Waals surface area contributed by atoms with Crippen LogP contribution in [0.1, 0.15) is 0 Å². The van der Waals surface area contributed by atoms with Gasteiger partial charge in [0, 0.05) is 17.7 Å². The van der Waals surface area contributed by atoms with E-state index in [1.54, 1.807) is 12.1 Å². The Hall–Kier alpha value is -4.90. The van der Waals surface area contributed by atoms with E-state index in [0.717, 1.165) is 11.3 Å². The molecule has 0 bridgehead atoms. The minimum Gasteiger partial charge on any atom is -0.337 e. The minimum atomic E-state index is -0.439. The molecular weight excluding hydrogens is 464 g/mol. The number of non-ortho nitro benzene ring substituents is 1. The summed E-state index contributed by atoms with van der Waals surface area (Å²) in [5.41, 5.74) is 3.76. The Kier molecular flexibility index (Phi) is 5.97. The maximum atomic E-state index is 11.2. The molecule has 0 spiro atoms. The number of aromatic amines is 1. The zero-order valence-electron chi connectivity index (χ0n) is 18.1. The van der Waals surface area contributed by atoms with Crippen LogP contribution in [0, 0.1) is 10.1 Å². The average molecular weight is 483 g/mol. The molecule has 35 heavy (non-hydrogen) atoms. The van der Waals surface area contributed by atoms with E-state index in [1.807, 2.05) is 60.7 Å². The third-order valence-electron chi connectivity index (χ3n) is 5.16. The number of nitrogens with one attached hydrogen (secondary N) is 4. The minimum absolute atomic E-state index is 0.0156. The zero-order chi connectivity index (χ0) is 24.2. The van der Waals surface area contributed by atoms with Crippen LogP contribution < -0.4 is 16.0 Å². The zero-order valence-corrected chi connectivity index (χ0v) is 18.9. The van der Waals surface area contributed by atoms with Crippen molar-refractivity contribution in [3.63, 3.8) is 0 Å². The van der Waals surface area contributed by atoms with Crippen LogP contribution in [0.15, 0.2) is 84.9 Å². The van der Waals surface area contributed by atoms with Crippen molar-refractivity contribution < 1.29 is 4.92 Å². The van der Waals surface area contributed by atoms with Crippen LogP contribution >= 0.6 is 12.2 Å². The lowest BCUT2D eigenvalue weighted by molar-refractivity contribution is -0.384. The van der Waals surface area contributed by atoms with Crippen LogP contribution in [0.25, 0.3) is 22.2 Å². The van der Waals surface area contributed by atoms with E-state index in [4.69, 9.17) is 12.2 Å². The third-order valence-corrected chi connectivity index (χ3v) is 5.37.